The van der Waals surface area contributed by atoms with Crippen molar-refractivity contribution in [3.05, 3.63) is 35.4 Å². The third-order valence-electron chi connectivity index (χ3n) is 2.61. The van der Waals surface area contributed by atoms with E-state index in [2.05, 4.69) is 4.72 Å². The van der Waals surface area contributed by atoms with E-state index in [0.717, 1.165) is 12.1 Å². The van der Waals surface area contributed by atoms with Gasteiger partial charge in [0.25, 0.3) is 0 Å². The molecule has 0 aliphatic rings. The monoisotopic (exact) mass is 310 g/mol. The minimum atomic E-state index is -4.59. The molecule has 0 amide bonds. The Morgan fingerprint density at radius 2 is 1.75 bits per heavy atom. The van der Waals surface area contributed by atoms with Crippen molar-refractivity contribution < 1.29 is 21.6 Å². The fourth-order valence-electron chi connectivity index (χ4n) is 1.63. The highest BCUT2D eigenvalue weighted by molar-refractivity contribution is 7.88. The molecule has 1 rings (SSSR count). The van der Waals surface area contributed by atoms with E-state index in [0.29, 0.717) is 0 Å². The molecule has 0 aliphatic heterocycles. The molecular formula is C12H17F3N2O2S. The lowest BCUT2D eigenvalue weighted by Crippen LogP contribution is -2.49. The van der Waals surface area contributed by atoms with Crippen molar-refractivity contribution in [1.82, 2.24) is 4.72 Å². The maximum Gasteiger partial charge on any atom is 0.416 e. The van der Waals surface area contributed by atoms with Crippen LogP contribution in [-0.2, 0) is 22.0 Å². The number of benzene rings is 1. The molecule has 0 aromatic heterocycles. The summed E-state index contributed by atoms with van der Waals surface area (Å²) >= 11 is 0. The molecule has 114 valence electrons. The van der Waals surface area contributed by atoms with E-state index in [9.17, 15) is 21.6 Å². The van der Waals surface area contributed by atoms with Gasteiger partial charge in [0.1, 0.15) is 0 Å². The molecule has 1 aromatic carbocycles. The number of nitrogens with one attached hydrogen (secondary N) is 1. The van der Waals surface area contributed by atoms with Crippen molar-refractivity contribution in [1.29, 1.82) is 0 Å². The molecule has 0 bridgehead atoms. The molecule has 0 spiro atoms. The van der Waals surface area contributed by atoms with Gasteiger partial charge in [-0.05, 0) is 25.5 Å². The van der Waals surface area contributed by atoms with E-state index in [1.54, 1.807) is 13.8 Å². The van der Waals surface area contributed by atoms with Gasteiger partial charge in [-0.3, -0.25) is 0 Å². The van der Waals surface area contributed by atoms with E-state index < -0.39 is 33.1 Å². The van der Waals surface area contributed by atoms with Crippen LogP contribution in [0, 0.1) is 0 Å². The fraction of sp³-hybridized carbons (Fsp3) is 0.500. The second kappa shape index (κ2) is 5.71. The number of rotatable bonds is 5. The Morgan fingerprint density at radius 1 is 1.20 bits per heavy atom. The van der Waals surface area contributed by atoms with Crippen molar-refractivity contribution in [3.63, 3.8) is 0 Å². The van der Waals surface area contributed by atoms with Gasteiger partial charge in [-0.1, -0.05) is 18.2 Å². The first-order valence-corrected chi connectivity index (χ1v) is 7.49. The van der Waals surface area contributed by atoms with Crippen molar-refractivity contribution in [2.75, 3.05) is 6.54 Å². The average molecular weight is 310 g/mol. The van der Waals surface area contributed by atoms with Gasteiger partial charge in [-0.25, -0.2) is 13.1 Å². The Morgan fingerprint density at radius 3 is 2.25 bits per heavy atom. The molecular weight excluding hydrogens is 293 g/mol. The van der Waals surface area contributed by atoms with Crippen LogP contribution in [0.15, 0.2) is 24.3 Å². The molecule has 20 heavy (non-hydrogen) atoms. The second-order valence-electron chi connectivity index (χ2n) is 5.10. The van der Waals surface area contributed by atoms with Gasteiger partial charge < -0.3 is 5.73 Å². The van der Waals surface area contributed by atoms with Gasteiger partial charge in [0.05, 0.1) is 11.3 Å². The number of hydrogen-bond donors (Lipinski definition) is 2. The third kappa shape index (κ3) is 4.77. The summed E-state index contributed by atoms with van der Waals surface area (Å²) < 4.78 is 64.5. The van der Waals surface area contributed by atoms with Crippen LogP contribution in [-0.4, -0.2) is 20.5 Å². The first kappa shape index (κ1) is 16.9. The lowest BCUT2D eigenvalue weighted by Gasteiger charge is -2.24. The Balaban J connectivity index is 3.05. The predicted molar refractivity (Wildman–Crippen MR) is 70.3 cm³/mol. The smallest absolute Gasteiger partial charge is 0.329 e. The summed E-state index contributed by atoms with van der Waals surface area (Å²) in [5.74, 6) is -0.744. The molecule has 0 unspecified atom stereocenters. The summed E-state index contributed by atoms with van der Waals surface area (Å²) in [5, 5.41) is 0. The van der Waals surface area contributed by atoms with E-state index in [1.807, 2.05) is 0 Å². The van der Waals surface area contributed by atoms with Crippen LogP contribution in [0.4, 0.5) is 13.2 Å². The van der Waals surface area contributed by atoms with Crippen LogP contribution >= 0.6 is 0 Å². The predicted octanol–water partition coefficient (Wildman–Crippen LogP) is 1.86. The summed E-state index contributed by atoms with van der Waals surface area (Å²) in [6.45, 7) is 3.15. The zero-order valence-corrected chi connectivity index (χ0v) is 12.0. The van der Waals surface area contributed by atoms with E-state index >= 15 is 0 Å². The Bertz CT molecular complexity index is 568. The molecule has 3 N–H and O–H groups in total. The maximum atomic E-state index is 12.8. The van der Waals surface area contributed by atoms with Gasteiger partial charge >= 0.3 is 6.18 Å². The van der Waals surface area contributed by atoms with Crippen LogP contribution in [0.1, 0.15) is 25.0 Å². The van der Waals surface area contributed by atoms with Crippen molar-refractivity contribution in [3.8, 4) is 0 Å². The van der Waals surface area contributed by atoms with Crippen LogP contribution < -0.4 is 10.5 Å². The molecule has 8 heteroatoms. The van der Waals surface area contributed by atoms with Gasteiger partial charge in [-0.2, -0.15) is 13.2 Å². The molecule has 0 aliphatic carbocycles. The standard InChI is InChI=1S/C12H17F3N2O2S/c1-11(2,8-16)17-20(18,19)7-9-5-3-4-6-10(9)12(13,14)15/h3-6,17H,7-8,16H2,1-2H3. The number of alkyl halides is 3. The molecule has 0 heterocycles. The topological polar surface area (TPSA) is 72.2 Å². The molecule has 0 saturated heterocycles. The van der Waals surface area contributed by atoms with E-state index in [1.165, 1.54) is 12.1 Å². The first-order valence-electron chi connectivity index (χ1n) is 5.84. The lowest BCUT2D eigenvalue weighted by atomic mass is 10.1. The SMILES string of the molecule is CC(C)(CN)NS(=O)(=O)Cc1ccccc1C(F)(F)F. The second-order valence-corrected chi connectivity index (χ2v) is 6.83. The van der Waals surface area contributed by atoms with Crippen LogP contribution in [0.2, 0.25) is 0 Å². The molecule has 4 nitrogen and oxygen atoms in total. The normalized spacial score (nSPS) is 13.5. The van der Waals surface area contributed by atoms with E-state index in [4.69, 9.17) is 5.73 Å². The zero-order valence-electron chi connectivity index (χ0n) is 11.2. The Kier molecular flexibility index (Phi) is 4.83. The fourth-order valence-corrected chi connectivity index (χ4v) is 3.28. The van der Waals surface area contributed by atoms with Crippen molar-refractivity contribution in [2.24, 2.45) is 5.73 Å². The van der Waals surface area contributed by atoms with Crippen molar-refractivity contribution in [2.45, 2.75) is 31.3 Å². The number of sulfonamides is 1. The van der Waals surface area contributed by atoms with E-state index in [-0.39, 0.29) is 12.1 Å². The zero-order chi connectivity index (χ0) is 15.6. The molecule has 0 fully saturated rings. The summed E-state index contributed by atoms with van der Waals surface area (Å²) in [7, 11) is -3.92. The van der Waals surface area contributed by atoms with Gasteiger partial charge in [0.15, 0.2) is 0 Å². The first-order chi connectivity index (χ1) is 8.97. The van der Waals surface area contributed by atoms with Crippen LogP contribution in [0.25, 0.3) is 0 Å². The summed E-state index contributed by atoms with van der Waals surface area (Å²) in [6, 6.07) is 4.60. The van der Waals surface area contributed by atoms with Crippen LogP contribution in [0.5, 0.6) is 0 Å². The Hall–Kier alpha value is -1.12. The number of nitrogens with two attached hydrogens (primary N) is 1. The van der Waals surface area contributed by atoms with Gasteiger partial charge in [0, 0.05) is 12.1 Å². The molecule has 1 aromatic rings. The maximum absolute atomic E-state index is 12.8. The lowest BCUT2D eigenvalue weighted by molar-refractivity contribution is -0.138. The highest BCUT2D eigenvalue weighted by atomic mass is 32.2. The highest BCUT2D eigenvalue weighted by Gasteiger charge is 2.34. The molecule has 0 radical (unpaired) electrons. The highest BCUT2D eigenvalue weighted by Crippen LogP contribution is 2.32. The Labute approximate surface area is 116 Å². The largest absolute Gasteiger partial charge is 0.416 e. The number of hydrogen-bond acceptors (Lipinski definition) is 3. The molecule has 0 atom stereocenters. The van der Waals surface area contributed by atoms with Gasteiger partial charge in [0.2, 0.25) is 10.0 Å². The third-order valence-corrected chi connectivity index (χ3v) is 4.17. The van der Waals surface area contributed by atoms with Crippen molar-refractivity contribution >= 4 is 10.0 Å². The van der Waals surface area contributed by atoms with Gasteiger partial charge in [-0.15, -0.1) is 0 Å². The summed E-state index contributed by atoms with van der Waals surface area (Å²) in [5.41, 5.74) is 3.25. The van der Waals surface area contributed by atoms with Crippen LogP contribution in [0.3, 0.4) is 0 Å². The minimum absolute atomic E-state index is 0.0349. The average Bonchev–Trinajstić information content (AvgIpc) is 2.26. The molecule has 0 saturated carbocycles. The number of halogens is 3. The minimum Gasteiger partial charge on any atom is -0.329 e. The summed E-state index contributed by atoms with van der Waals surface area (Å²) in [4.78, 5) is 0. The summed E-state index contributed by atoms with van der Waals surface area (Å²) in [6.07, 6.45) is -4.59. The quantitative estimate of drug-likeness (QED) is 0.872.